The van der Waals surface area contributed by atoms with Gasteiger partial charge in [-0.25, -0.2) is 4.79 Å². The molecular formula is C26H22O2. The summed E-state index contributed by atoms with van der Waals surface area (Å²) < 4.78 is 4.76. The molecule has 0 spiro atoms. The Balaban J connectivity index is 1.54. The molecule has 0 amide bonds. The molecule has 0 aliphatic rings. The molecule has 0 unspecified atom stereocenters. The van der Waals surface area contributed by atoms with Gasteiger partial charge in [-0.05, 0) is 64.1 Å². The number of rotatable bonds is 5. The molecule has 0 fully saturated rings. The van der Waals surface area contributed by atoms with Gasteiger partial charge in [-0.3, -0.25) is 0 Å². The number of esters is 1. The van der Waals surface area contributed by atoms with Crippen molar-refractivity contribution in [2.75, 3.05) is 7.11 Å². The third kappa shape index (κ3) is 3.96. The highest BCUT2D eigenvalue weighted by Crippen LogP contribution is 2.26. The van der Waals surface area contributed by atoms with Crippen molar-refractivity contribution in [3.63, 3.8) is 0 Å². The Kier molecular flexibility index (Phi) is 5.20. The maximum Gasteiger partial charge on any atom is 0.337 e. The predicted molar refractivity (Wildman–Crippen MR) is 115 cm³/mol. The molecule has 4 aromatic carbocycles. The van der Waals surface area contributed by atoms with Crippen molar-refractivity contribution in [2.45, 2.75) is 12.8 Å². The van der Waals surface area contributed by atoms with E-state index in [2.05, 4.69) is 66.7 Å². The maximum absolute atomic E-state index is 11.6. The second-order valence-corrected chi connectivity index (χ2v) is 6.95. The lowest BCUT2D eigenvalue weighted by Crippen LogP contribution is -2.00. The van der Waals surface area contributed by atoms with Gasteiger partial charge in [0, 0.05) is 0 Å². The monoisotopic (exact) mass is 366 g/mol. The first-order chi connectivity index (χ1) is 13.7. The highest BCUT2D eigenvalue weighted by molar-refractivity contribution is 5.91. The van der Waals surface area contributed by atoms with Crippen LogP contribution in [0.15, 0.2) is 91.0 Å². The van der Waals surface area contributed by atoms with Crippen molar-refractivity contribution in [2.24, 2.45) is 0 Å². The molecule has 0 saturated heterocycles. The zero-order chi connectivity index (χ0) is 19.3. The highest BCUT2D eigenvalue weighted by Gasteiger charge is 2.06. The second-order valence-electron chi connectivity index (χ2n) is 6.95. The molecule has 2 heteroatoms. The summed E-state index contributed by atoms with van der Waals surface area (Å²) in [7, 11) is 1.40. The van der Waals surface area contributed by atoms with E-state index in [0.29, 0.717) is 5.56 Å². The zero-order valence-corrected chi connectivity index (χ0v) is 15.9. The van der Waals surface area contributed by atoms with Crippen LogP contribution in [0.5, 0.6) is 0 Å². The summed E-state index contributed by atoms with van der Waals surface area (Å²) in [6.45, 7) is 0. The van der Waals surface area contributed by atoms with Crippen molar-refractivity contribution >= 4 is 16.7 Å². The third-order valence-electron chi connectivity index (χ3n) is 5.09. The Morgan fingerprint density at radius 1 is 0.679 bits per heavy atom. The molecule has 4 aromatic rings. The minimum atomic E-state index is -0.312. The van der Waals surface area contributed by atoms with Gasteiger partial charge in [0.1, 0.15) is 0 Å². The normalized spacial score (nSPS) is 10.8. The summed E-state index contributed by atoms with van der Waals surface area (Å²) in [5.41, 5.74) is 5.51. The topological polar surface area (TPSA) is 26.3 Å². The molecule has 28 heavy (non-hydrogen) atoms. The van der Waals surface area contributed by atoms with Crippen LogP contribution in [-0.4, -0.2) is 13.1 Å². The van der Waals surface area contributed by atoms with Crippen LogP contribution >= 0.6 is 0 Å². The highest BCUT2D eigenvalue weighted by atomic mass is 16.5. The number of carbonyl (C=O) groups is 1. The summed E-state index contributed by atoms with van der Waals surface area (Å²) in [5.74, 6) is -0.312. The first kappa shape index (κ1) is 18.0. The lowest BCUT2D eigenvalue weighted by atomic mass is 9.97. The van der Waals surface area contributed by atoms with Gasteiger partial charge in [-0.1, -0.05) is 72.8 Å². The number of carbonyl (C=O) groups excluding carboxylic acids is 1. The molecule has 0 aliphatic carbocycles. The standard InChI is InChI=1S/C26H22O2/c1-28-26(27)22-13-11-21(12-14-22)24-16-15-23-17-20(9-10-25(23)18-24)8-7-19-5-3-2-4-6-19/h2-6,9-18H,7-8H2,1H3. The SMILES string of the molecule is COC(=O)c1ccc(-c2ccc3cc(CCc4ccccc4)ccc3c2)cc1. The van der Waals surface area contributed by atoms with E-state index in [1.54, 1.807) is 12.1 Å². The number of methoxy groups -OCH3 is 1. The molecule has 4 rings (SSSR count). The van der Waals surface area contributed by atoms with Gasteiger partial charge in [0.2, 0.25) is 0 Å². The van der Waals surface area contributed by atoms with Gasteiger partial charge < -0.3 is 4.74 Å². The van der Waals surface area contributed by atoms with Crippen LogP contribution in [0, 0.1) is 0 Å². The van der Waals surface area contributed by atoms with Crippen LogP contribution in [0.3, 0.4) is 0 Å². The Hall–Kier alpha value is -3.39. The largest absolute Gasteiger partial charge is 0.465 e. The first-order valence-corrected chi connectivity index (χ1v) is 9.48. The summed E-state index contributed by atoms with van der Waals surface area (Å²) in [5, 5.41) is 2.47. The van der Waals surface area contributed by atoms with E-state index in [-0.39, 0.29) is 5.97 Å². The van der Waals surface area contributed by atoms with E-state index in [0.717, 1.165) is 24.0 Å². The van der Waals surface area contributed by atoms with Crippen LogP contribution in [-0.2, 0) is 17.6 Å². The van der Waals surface area contributed by atoms with Gasteiger partial charge >= 0.3 is 5.97 Å². The molecule has 0 heterocycles. The molecule has 138 valence electrons. The molecule has 2 nitrogen and oxygen atoms in total. The van der Waals surface area contributed by atoms with Crippen LogP contribution in [0.2, 0.25) is 0 Å². The molecule has 0 N–H and O–H groups in total. The van der Waals surface area contributed by atoms with Gasteiger partial charge in [0.05, 0.1) is 12.7 Å². The summed E-state index contributed by atoms with van der Waals surface area (Å²) in [6.07, 6.45) is 2.09. The van der Waals surface area contributed by atoms with Crippen LogP contribution in [0.25, 0.3) is 21.9 Å². The molecule has 0 aliphatic heterocycles. The minimum absolute atomic E-state index is 0.312. The van der Waals surface area contributed by atoms with Crippen molar-refractivity contribution in [1.29, 1.82) is 0 Å². The number of ether oxygens (including phenoxy) is 1. The van der Waals surface area contributed by atoms with Crippen molar-refractivity contribution < 1.29 is 9.53 Å². The van der Waals surface area contributed by atoms with Gasteiger partial charge in [0.25, 0.3) is 0 Å². The summed E-state index contributed by atoms with van der Waals surface area (Å²) >= 11 is 0. The maximum atomic E-state index is 11.6. The quantitative estimate of drug-likeness (QED) is 0.400. The van der Waals surface area contributed by atoms with E-state index in [4.69, 9.17) is 4.74 Å². The summed E-state index contributed by atoms with van der Waals surface area (Å²) in [4.78, 5) is 11.6. The Bertz CT molecular complexity index is 1100. The van der Waals surface area contributed by atoms with E-state index in [1.807, 2.05) is 12.1 Å². The Labute approximate surface area is 165 Å². The van der Waals surface area contributed by atoms with Gasteiger partial charge in [-0.15, -0.1) is 0 Å². The fourth-order valence-corrected chi connectivity index (χ4v) is 3.48. The average Bonchev–Trinajstić information content (AvgIpc) is 2.77. The van der Waals surface area contributed by atoms with E-state index >= 15 is 0 Å². The van der Waals surface area contributed by atoms with E-state index in [1.165, 1.54) is 29.0 Å². The fraction of sp³-hybridized carbons (Fsp3) is 0.115. The molecule has 0 atom stereocenters. The van der Waals surface area contributed by atoms with Crippen molar-refractivity contribution in [3.05, 3.63) is 108 Å². The predicted octanol–water partition coefficient (Wildman–Crippen LogP) is 6.08. The van der Waals surface area contributed by atoms with Crippen molar-refractivity contribution in [1.82, 2.24) is 0 Å². The molecule has 0 saturated carbocycles. The van der Waals surface area contributed by atoms with E-state index < -0.39 is 0 Å². The third-order valence-corrected chi connectivity index (χ3v) is 5.09. The van der Waals surface area contributed by atoms with Crippen LogP contribution < -0.4 is 0 Å². The Morgan fingerprint density at radius 2 is 1.32 bits per heavy atom. The number of aryl methyl sites for hydroxylation is 2. The smallest absolute Gasteiger partial charge is 0.337 e. The van der Waals surface area contributed by atoms with Gasteiger partial charge in [0.15, 0.2) is 0 Å². The number of benzene rings is 4. The van der Waals surface area contributed by atoms with Crippen molar-refractivity contribution in [3.8, 4) is 11.1 Å². The second kappa shape index (κ2) is 8.10. The van der Waals surface area contributed by atoms with Crippen LogP contribution in [0.4, 0.5) is 0 Å². The number of hydrogen-bond donors (Lipinski definition) is 0. The molecule has 0 bridgehead atoms. The Morgan fingerprint density at radius 3 is 2.07 bits per heavy atom. The first-order valence-electron chi connectivity index (χ1n) is 9.48. The molecule has 0 aromatic heterocycles. The fourth-order valence-electron chi connectivity index (χ4n) is 3.48. The minimum Gasteiger partial charge on any atom is -0.465 e. The molecule has 0 radical (unpaired) electrons. The van der Waals surface area contributed by atoms with Crippen LogP contribution in [0.1, 0.15) is 21.5 Å². The average molecular weight is 366 g/mol. The van der Waals surface area contributed by atoms with Gasteiger partial charge in [-0.2, -0.15) is 0 Å². The summed E-state index contributed by atoms with van der Waals surface area (Å²) in [6, 6.07) is 31.3. The lowest BCUT2D eigenvalue weighted by Gasteiger charge is -2.08. The lowest BCUT2D eigenvalue weighted by molar-refractivity contribution is 0.0601. The number of hydrogen-bond acceptors (Lipinski definition) is 2. The number of fused-ring (bicyclic) bond motifs is 1. The molecular weight excluding hydrogens is 344 g/mol. The van der Waals surface area contributed by atoms with E-state index in [9.17, 15) is 4.79 Å². The zero-order valence-electron chi connectivity index (χ0n) is 15.9.